The first kappa shape index (κ1) is 33.0. The molecule has 0 amide bonds. The van der Waals surface area contributed by atoms with Gasteiger partial charge in [-0.15, -0.1) is 11.3 Å². The highest BCUT2D eigenvalue weighted by molar-refractivity contribution is 7.19. The van der Waals surface area contributed by atoms with Crippen LogP contribution in [0.5, 0.6) is 0 Å². The van der Waals surface area contributed by atoms with Crippen molar-refractivity contribution in [1.82, 2.24) is 25.0 Å². The molecule has 1 saturated carbocycles. The fraction of sp³-hybridized carbons (Fsp3) is 0.658. The van der Waals surface area contributed by atoms with E-state index in [0.717, 1.165) is 65.2 Å². The average molecular weight is 676 g/mol. The summed E-state index contributed by atoms with van der Waals surface area (Å²) in [4.78, 5) is 27.5. The first-order valence-corrected chi connectivity index (χ1v) is 19.0. The number of thiophene rings is 1. The lowest BCUT2D eigenvalue weighted by atomic mass is 9.76. The minimum atomic E-state index is -0.504. The molecule has 1 aromatic carbocycles. The van der Waals surface area contributed by atoms with Crippen molar-refractivity contribution in [1.29, 1.82) is 0 Å². The van der Waals surface area contributed by atoms with Crippen LogP contribution in [0.25, 0.3) is 21.5 Å². The lowest BCUT2D eigenvalue weighted by Crippen LogP contribution is -2.50. The van der Waals surface area contributed by atoms with Gasteiger partial charge in [-0.2, -0.15) is 0 Å². The molecule has 4 unspecified atom stereocenters. The second-order valence-electron chi connectivity index (χ2n) is 15.9. The van der Waals surface area contributed by atoms with Crippen LogP contribution in [0.1, 0.15) is 48.3 Å². The number of aryl methyl sites for hydroxylation is 2. The number of nitrogens with zero attached hydrogens (tertiary/aromatic N) is 3. The van der Waals surface area contributed by atoms with E-state index in [-0.39, 0.29) is 24.2 Å². The molecule has 4 saturated heterocycles. The lowest BCUT2D eigenvalue weighted by Gasteiger charge is -2.36. The van der Waals surface area contributed by atoms with Gasteiger partial charge in [-0.3, -0.25) is 14.6 Å². The zero-order valence-electron chi connectivity index (χ0n) is 29.1. The van der Waals surface area contributed by atoms with E-state index in [1.165, 1.54) is 49.5 Å². The van der Waals surface area contributed by atoms with Crippen molar-refractivity contribution < 1.29 is 19.4 Å². The van der Waals surface area contributed by atoms with E-state index in [1.807, 2.05) is 0 Å². The number of hydrogen-bond donors (Lipinski definition) is 3. The highest BCUT2D eigenvalue weighted by Crippen LogP contribution is 2.45. The molecule has 0 radical (unpaired) electrons. The zero-order chi connectivity index (χ0) is 33.2. The molecule has 3 N–H and O–H groups in total. The van der Waals surface area contributed by atoms with Gasteiger partial charge in [0.15, 0.2) is 0 Å². The van der Waals surface area contributed by atoms with Gasteiger partial charge in [-0.1, -0.05) is 17.2 Å². The van der Waals surface area contributed by atoms with E-state index < -0.39 is 5.41 Å². The predicted molar refractivity (Wildman–Crippen MR) is 191 cm³/mol. The fourth-order valence-corrected chi connectivity index (χ4v) is 10.6. The third-order valence-corrected chi connectivity index (χ3v) is 13.4. The number of H-pyrrole nitrogens is 1. The maximum absolute atomic E-state index is 14.0. The van der Waals surface area contributed by atoms with Crippen LogP contribution in [0.2, 0.25) is 0 Å². The number of β-amino-alcohol motifs (C(OH)–C–C–N with tert-alkyl or cyclic N) is 1. The second kappa shape index (κ2) is 13.2. The number of ether oxygens (including phenoxy) is 2. The van der Waals surface area contributed by atoms with Crippen molar-refractivity contribution >= 4 is 27.3 Å². The quantitative estimate of drug-likeness (QED) is 0.282. The van der Waals surface area contributed by atoms with Gasteiger partial charge in [0.2, 0.25) is 0 Å². The van der Waals surface area contributed by atoms with E-state index in [9.17, 15) is 9.90 Å². The number of piperazine rings is 1. The first-order chi connectivity index (χ1) is 23.1. The standard InChI is InChI=1S/C38H53N5O4S/c1-23-13-24(2)15-26(14-23)35-28(29-16-33(48-37(29)40-35)38(3,4)36(45)34-25-5-6-30(34)39-17-25)7-8-41-9-11-42(12-10-41)18-27(44)19-43-20-31-32(21-43)47-22-46-31/h13-16,25,27,30-32,34,39-40,44H,5-12,17-22H2,1-4H3/t25?,27?,30?,31-,32+,34?. The summed E-state index contributed by atoms with van der Waals surface area (Å²) in [6, 6.07) is 9.52. The van der Waals surface area contributed by atoms with Crippen molar-refractivity contribution in [2.24, 2.45) is 11.8 Å². The van der Waals surface area contributed by atoms with Gasteiger partial charge in [0.25, 0.3) is 0 Å². The molecule has 3 aromatic rings. The van der Waals surface area contributed by atoms with Gasteiger partial charge in [-0.25, -0.2) is 0 Å². The highest BCUT2D eigenvalue weighted by atomic mass is 32.1. The third kappa shape index (κ3) is 6.32. The van der Waals surface area contributed by atoms with Gasteiger partial charge in [0, 0.05) is 81.1 Å². The minimum absolute atomic E-state index is 0.148. The summed E-state index contributed by atoms with van der Waals surface area (Å²) in [5.74, 6) is 1.06. The van der Waals surface area contributed by atoms with Gasteiger partial charge in [-0.05, 0) is 88.7 Å². The van der Waals surface area contributed by atoms with Crippen LogP contribution in [-0.2, 0) is 26.1 Å². The Morgan fingerprint density at radius 1 is 0.979 bits per heavy atom. The Bertz CT molecular complexity index is 1590. The third-order valence-electron chi connectivity index (χ3n) is 12.0. The van der Waals surface area contributed by atoms with Crippen molar-refractivity contribution in [3.05, 3.63) is 45.8 Å². The van der Waals surface area contributed by atoms with Crippen LogP contribution >= 0.6 is 11.3 Å². The van der Waals surface area contributed by atoms with Crippen molar-refractivity contribution in [3.8, 4) is 11.3 Å². The van der Waals surface area contributed by atoms with Gasteiger partial charge < -0.3 is 29.8 Å². The Morgan fingerprint density at radius 3 is 2.31 bits per heavy atom. The maximum Gasteiger partial charge on any atom is 0.148 e. The van der Waals surface area contributed by atoms with E-state index >= 15 is 0 Å². The number of aliphatic hydroxyl groups excluding tert-OH is 1. The number of ketones is 1. The zero-order valence-corrected chi connectivity index (χ0v) is 29.9. The molecule has 2 bridgehead atoms. The lowest BCUT2D eigenvalue weighted by molar-refractivity contribution is -0.128. The number of piperidine rings is 1. The van der Waals surface area contributed by atoms with Crippen LogP contribution in [-0.4, -0.2) is 127 Å². The van der Waals surface area contributed by atoms with E-state index in [0.29, 0.717) is 37.6 Å². The Kier molecular flexibility index (Phi) is 9.08. The average Bonchev–Trinajstić information content (AvgIpc) is 3.89. The van der Waals surface area contributed by atoms with E-state index in [2.05, 4.69) is 77.0 Å². The second-order valence-corrected chi connectivity index (χ2v) is 16.9. The summed E-state index contributed by atoms with van der Waals surface area (Å²) in [5.41, 5.74) is 5.87. The molecule has 4 aliphatic heterocycles. The predicted octanol–water partition coefficient (Wildman–Crippen LogP) is 3.94. The number of hydrogen-bond acceptors (Lipinski definition) is 9. The van der Waals surface area contributed by atoms with Crippen molar-refractivity contribution in [2.45, 2.75) is 76.7 Å². The smallest absolute Gasteiger partial charge is 0.148 e. The van der Waals surface area contributed by atoms with Crippen LogP contribution < -0.4 is 5.32 Å². The maximum atomic E-state index is 14.0. The first-order valence-electron chi connectivity index (χ1n) is 18.2. The number of rotatable bonds is 11. The number of fused-ring (bicyclic) bond motifs is 4. The molecule has 10 heteroatoms. The summed E-state index contributed by atoms with van der Waals surface area (Å²) < 4.78 is 11.3. The topological polar surface area (TPSA) is 93.3 Å². The summed E-state index contributed by atoms with van der Waals surface area (Å²) in [6.45, 7) is 18.1. The minimum Gasteiger partial charge on any atom is -0.390 e. The summed E-state index contributed by atoms with van der Waals surface area (Å²) in [7, 11) is 0. The molecule has 1 aliphatic carbocycles. The van der Waals surface area contributed by atoms with Crippen LogP contribution in [0, 0.1) is 25.7 Å². The van der Waals surface area contributed by atoms with Gasteiger partial charge in [0.1, 0.15) is 29.6 Å². The number of carbonyl (C=O) groups excluding carboxylic acids is 1. The monoisotopic (exact) mass is 675 g/mol. The molecule has 2 aromatic heterocycles. The molecule has 6 heterocycles. The number of Topliss-reactive ketones (excluding diaryl/α,β-unsaturated/α-hetero) is 1. The SMILES string of the molecule is Cc1cc(C)cc(-c2[nH]c3sc(C(C)(C)C(=O)C4C5CCC4NC5)cc3c2CCN2CCN(CC(O)CN3C[C@@H]4OCO[C@@H]4C3)CC2)c1. The number of aliphatic hydroxyl groups is 1. The van der Waals surface area contributed by atoms with E-state index in [1.54, 1.807) is 11.3 Å². The van der Waals surface area contributed by atoms with Gasteiger partial charge >= 0.3 is 0 Å². The number of aromatic amines is 1. The Hall–Kier alpha value is -2.15. The normalized spacial score (nSPS) is 29.0. The van der Waals surface area contributed by atoms with Crippen LogP contribution in [0.4, 0.5) is 0 Å². The molecule has 5 aliphatic rings. The molecule has 6 atom stereocenters. The fourth-order valence-electron chi connectivity index (χ4n) is 9.36. The summed E-state index contributed by atoms with van der Waals surface area (Å²) >= 11 is 1.78. The Morgan fingerprint density at radius 2 is 1.67 bits per heavy atom. The number of benzene rings is 1. The number of likely N-dealkylation sites (tertiary alicyclic amines) is 1. The largest absolute Gasteiger partial charge is 0.390 e. The number of nitrogens with one attached hydrogen (secondary N) is 2. The Labute approximate surface area is 288 Å². The molecule has 260 valence electrons. The molecule has 8 rings (SSSR count). The molecular formula is C38H53N5O4S. The van der Waals surface area contributed by atoms with Crippen LogP contribution in [0.3, 0.4) is 0 Å². The molecule has 0 spiro atoms. The highest BCUT2D eigenvalue weighted by Gasteiger charge is 2.50. The van der Waals surface area contributed by atoms with Gasteiger partial charge in [0.05, 0.1) is 17.2 Å². The van der Waals surface area contributed by atoms with Crippen LogP contribution in [0.15, 0.2) is 24.3 Å². The van der Waals surface area contributed by atoms with Crippen molar-refractivity contribution in [2.75, 3.05) is 72.2 Å². The molecule has 9 nitrogen and oxygen atoms in total. The van der Waals surface area contributed by atoms with Crippen molar-refractivity contribution in [3.63, 3.8) is 0 Å². The number of carbonyl (C=O) groups is 1. The molecule has 5 fully saturated rings. The molecular weight excluding hydrogens is 623 g/mol. The summed E-state index contributed by atoms with van der Waals surface area (Å²) in [6.07, 6.45) is 3.22. The number of aromatic nitrogens is 1. The summed E-state index contributed by atoms with van der Waals surface area (Å²) in [5, 5.41) is 15.8. The van der Waals surface area contributed by atoms with E-state index in [4.69, 9.17) is 9.47 Å². The molecule has 48 heavy (non-hydrogen) atoms. The Balaban J connectivity index is 0.948.